The molecular formula is C27H19Cl3FNO3S. The first kappa shape index (κ1) is 26.2. The topological polar surface area (TPSA) is 57.6 Å². The minimum atomic E-state index is -1.16. The highest BCUT2D eigenvalue weighted by Gasteiger charge is 2.32. The molecule has 0 aliphatic heterocycles. The molecule has 0 radical (unpaired) electrons. The van der Waals surface area contributed by atoms with Crippen LogP contribution in [0.1, 0.15) is 20.8 Å². The molecule has 3 aromatic carbocycles. The second kappa shape index (κ2) is 11.4. The molecule has 0 bridgehead atoms. The quantitative estimate of drug-likeness (QED) is 0.238. The molecule has 0 saturated carbocycles. The Balaban J connectivity index is 1.70. The lowest BCUT2D eigenvalue weighted by atomic mass is 10.0. The van der Waals surface area contributed by atoms with Crippen LogP contribution in [0.2, 0.25) is 15.1 Å². The minimum Gasteiger partial charge on any atom is -0.480 e. The Morgan fingerprint density at radius 3 is 2.33 bits per heavy atom. The van der Waals surface area contributed by atoms with Gasteiger partial charge in [-0.15, -0.1) is 11.3 Å². The Hall–Kier alpha value is -2.90. The van der Waals surface area contributed by atoms with E-state index in [4.69, 9.17) is 34.8 Å². The third-order valence-corrected chi connectivity index (χ3v) is 7.35. The van der Waals surface area contributed by atoms with Crippen LogP contribution in [0.5, 0.6) is 0 Å². The van der Waals surface area contributed by atoms with Crippen LogP contribution in [-0.2, 0) is 17.8 Å². The van der Waals surface area contributed by atoms with E-state index in [2.05, 4.69) is 0 Å². The summed E-state index contributed by atoms with van der Waals surface area (Å²) in [6, 6.07) is 18.7. The lowest BCUT2D eigenvalue weighted by Crippen LogP contribution is -2.46. The van der Waals surface area contributed by atoms with Crippen molar-refractivity contribution in [2.45, 2.75) is 19.0 Å². The van der Waals surface area contributed by atoms with Gasteiger partial charge in [0.25, 0.3) is 5.91 Å². The highest BCUT2D eigenvalue weighted by molar-refractivity contribution is 7.10. The van der Waals surface area contributed by atoms with Crippen molar-refractivity contribution in [1.82, 2.24) is 4.90 Å². The van der Waals surface area contributed by atoms with Crippen LogP contribution in [-0.4, -0.2) is 27.9 Å². The number of carbonyl (C=O) groups excluding carboxylic acids is 1. The number of thiophene rings is 1. The molecule has 9 heteroatoms. The normalized spacial score (nSPS) is 11.8. The molecule has 36 heavy (non-hydrogen) atoms. The van der Waals surface area contributed by atoms with Crippen molar-refractivity contribution in [3.05, 3.63) is 115 Å². The molecule has 1 N–H and O–H groups in total. The molecule has 4 rings (SSSR count). The lowest BCUT2D eigenvalue weighted by Gasteiger charge is -2.29. The van der Waals surface area contributed by atoms with Crippen LogP contribution in [0.3, 0.4) is 0 Å². The standard InChI is InChI=1S/C27H19Cl3FNO3S/c28-19-7-8-21(22(29)13-19)26(33)32(25(27(34)35)10-16-4-2-1-3-5-16)14-20-11-18(15-36-20)17-6-9-24(31)23(30)12-17/h1-9,11-13,15,25H,10,14H2,(H,34,35). The zero-order chi connectivity index (χ0) is 25.8. The molecule has 0 fully saturated rings. The summed E-state index contributed by atoms with van der Waals surface area (Å²) in [5.74, 6) is -2.18. The maximum Gasteiger partial charge on any atom is 0.326 e. The summed E-state index contributed by atoms with van der Waals surface area (Å²) < 4.78 is 13.6. The van der Waals surface area contributed by atoms with Crippen molar-refractivity contribution in [1.29, 1.82) is 0 Å². The summed E-state index contributed by atoms with van der Waals surface area (Å²) >= 11 is 19.6. The molecule has 1 atom stereocenters. The van der Waals surface area contributed by atoms with Crippen molar-refractivity contribution in [3.8, 4) is 11.1 Å². The smallest absolute Gasteiger partial charge is 0.326 e. The molecular weight excluding hydrogens is 544 g/mol. The molecule has 0 aliphatic carbocycles. The van der Waals surface area contributed by atoms with Crippen molar-refractivity contribution >= 4 is 58.0 Å². The molecule has 4 aromatic rings. The maximum absolute atomic E-state index is 13.7. The van der Waals surface area contributed by atoms with Gasteiger partial charge in [-0.05, 0) is 58.5 Å². The molecule has 1 aromatic heterocycles. The number of benzene rings is 3. The van der Waals surface area contributed by atoms with Crippen molar-refractivity contribution in [2.75, 3.05) is 0 Å². The molecule has 0 aliphatic rings. The molecule has 0 saturated heterocycles. The van der Waals surface area contributed by atoms with E-state index in [1.54, 1.807) is 6.07 Å². The average Bonchev–Trinajstić information content (AvgIpc) is 3.32. The van der Waals surface area contributed by atoms with Crippen molar-refractivity contribution in [3.63, 3.8) is 0 Å². The van der Waals surface area contributed by atoms with E-state index in [0.717, 1.165) is 16.0 Å². The van der Waals surface area contributed by atoms with Crippen LogP contribution < -0.4 is 0 Å². The van der Waals surface area contributed by atoms with Gasteiger partial charge in [0.1, 0.15) is 11.9 Å². The Labute approximate surface area is 226 Å². The number of carbonyl (C=O) groups is 2. The largest absolute Gasteiger partial charge is 0.480 e. The van der Waals surface area contributed by atoms with Crippen LogP contribution in [0.15, 0.2) is 78.2 Å². The third kappa shape index (κ3) is 6.08. The summed E-state index contributed by atoms with van der Waals surface area (Å²) in [4.78, 5) is 28.1. The van der Waals surface area contributed by atoms with Gasteiger partial charge in [-0.1, -0.05) is 71.2 Å². The number of hydrogen-bond acceptors (Lipinski definition) is 3. The summed E-state index contributed by atoms with van der Waals surface area (Å²) in [6.45, 7) is 0.0290. The third-order valence-electron chi connectivity index (χ3n) is 5.59. The van der Waals surface area contributed by atoms with Gasteiger partial charge in [0.2, 0.25) is 0 Å². The van der Waals surface area contributed by atoms with Crippen LogP contribution in [0.25, 0.3) is 11.1 Å². The van der Waals surface area contributed by atoms with E-state index in [9.17, 15) is 19.1 Å². The monoisotopic (exact) mass is 561 g/mol. The minimum absolute atomic E-state index is 0.00300. The van der Waals surface area contributed by atoms with E-state index in [-0.39, 0.29) is 28.6 Å². The summed E-state index contributed by atoms with van der Waals surface area (Å²) in [6.07, 6.45) is 0.110. The van der Waals surface area contributed by atoms with Gasteiger partial charge in [-0.3, -0.25) is 4.79 Å². The fraction of sp³-hybridized carbons (Fsp3) is 0.111. The van der Waals surface area contributed by atoms with E-state index in [1.807, 2.05) is 41.8 Å². The van der Waals surface area contributed by atoms with E-state index in [0.29, 0.717) is 10.6 Å². The Kier molecular flexibility index (Phi) is 8.32. The molecule has 1 amide bonds. The molecule has 0 spiro atoms. The first-order valence-corrected chi connectivity index (χ1v) is 12.8. The van der Waals surface area contributed by atoms with Crippen LogP contribution >= 0.6 is 46.1 Å². The summed E-state index contributed by atoms with van der Waals surface area (Å²) in [5.41, 5.74) is 2.42. The number of rotatable bonds is 8. The van der Waals surface area contributed by atoms with E-state index >= 15 is 0 Å². The number of halogens is 4. The first-order valence-electron chi connectivity index (χ1n) is 10.8. The number of hydrogen-bond donors (Lipinski definition) is 1. The van der Waals surface area contributed by atoms with E-state index < -0.39 is 23.7 Å². The number of nitrogens with zero attached hydrogens (tertiary/aromatic N) is 1. The van der Waals surface area contributed by atoms with Gasteiger partial charge in [-0.2, -0.15) is 0 Å². The second-order valence-corrected chi connectivity index (χ2v) is 10.3. The van der Waals surface area contributed by atoms with Crippen LogP contribution in [0, 0.1) is 5.82 Å². The highest BCUT2D eigenvalue weighted by Crippen LogP contribution is 2.31. The van der Waals surface area contributed by atoms with Gasteiger partial charge in [0, 0.05) is 16.3 Å². The predicted octanol–water partition coefficient (Wildman–Crippen LogP) is 7.85. The van der Waals surface area contributed by atoms with Gasteiger partial charge >= 0.3 is 5.97 Å². The summed E-state index contributed by atoms with van der Waals surface area (Å²) in [7, 11) is 0. The number of carboxylic acids is 1. The highest BCUT2D eigenvalue weighted by atomic mass is 35.5. The van der Waals surface area contributed by atoms with Gasteiger partial charge in [-0.25, -0.2) is 9.18 Å². The fourth-order valence-electron chi connectivity index (χ4n) is 3.77. The number of amides is 1. The van der Waals surface area contributed by atoms with Crippen molar-refractivity contribution in [2.24, 2.45) is 0 Å². The maximum atomic E-state index is 13.7. The van der Waals surface area contributed by atoms with Crippen LogP contribution in [0.4, 0.5) is 4.39 Å². The van der Waals surface area contributed by atoms with Crippen molar-refractivity contribution < 1.29 is 19.1 Å². The zero-order valence-corrected chi connectivity index (χ0v) is 21.7. The zero-order valence-electron chi connectivity index (χ0n) is 18.6. The fourth-order valence-corrected chi connectivity index (χ4v) is 5.33. The molecule has 1 unspecified atom stereocenters. The second-order valence-electron chi connectivity index (χ2n) is 8.03. The van der Waals surface area contributed by atoms with Gasteiger partial charge in [0.15, 0.2) is 0 Å². The Bertz CT molecular complexity index is 1410. The van der Waals surface area contributed by atoms with Gasteiger partial charge < -0.3 is 10.0 Å². The predicted molar refractivity (Wildman–Crippen MR) is 143 cm³/mol. The number of carboxylic acid groups (broad SMARTS) is 1. The van der Waals surface area contributed by atoms with E-state index in [1.165, 1.54) is 46.6 Å². The lowest BCUT2D eigenvalue weighted by molar-refractivity contribution is -0.142. The number of aliphatic carboxylic acids is 1. The molecule has 1 heterocycles. The molecule has 184 valence electrons. The summed E-state index contributed by atoms with van der Waals surface area (Å²) in [5, 5.41) is 12.5. The Morgan fingerprint density at radius 1 is 0.917 bits per heavy atom. The first-order chi connectivity index (χ1) is 17.2. The van der Waals surface area contributed by atoms with Gasteiger partial charge in [0.05, 0.1) is 22.2 Å². The Morgan fingerprint density at radius 2 is 1.67 bits per heavy atom. The average molecular weight is 563 g/mol. The molecule has 4 nitrogen and oxygen atoms in total. The SMILES string of the molecule is O=C(O)C(Cc1ccccc1)N(Cc1cc(-c2ccc(F)c(Cl)c2)cs1)C(=O)c1ccc(Cl)cc1Cl.